The molecule has 534 valence electrons. The maximum Gasteiger partial charge on any atom is 0.472 e. The number of unbranched alkanes of at least 4 members (excludes halogenated alkanes) is 35. The van der Waals surface area contributed by atoms with Gasteiger partial charge in [0.05, 0.1) is 26.4 Å². The molecule has 0 aliphatic heterocycles. The molecule has 3 N–H and O–H groups in total. The topological polar surface area (TPSA) is 237 Å². The number of rotatable bonds is 69. The molecule has 17 nitrogen and oxygen atoms in total. The Kier molecular flexibility index (Phi) is 60.6. The molecule has 0 aromatic heterocycles. The molecule has 0 fully saturated rings. The summed E-state index contributed by atoms with van der Waals surface area (Å²) in [5.41, 5.74) is 0. The lowest BCUT2D eigenvalue weighted by atomic mass is 9.99. The normalized spacial score (nSPS) is 14.8. The van der Waals surface area contributed by atoms with E-state index in [1.165, 1.54) is 167 Å². The largest absolute Gasteiger partial charge is 0.472 e. The molecule has 0 aliphatic rings. The van der Waals surface area contributed by atoms with Crippen molar-refractivity contribution in [2.24, 2.45) is 17.8 Å². The van der Waals surface area contributed by atoms with Crippen molar-refractivity contribution < 1.29 is 80.2 Å². The molecule has 0 radical (unpaired) electrons. The summed E-state index contributed by atoms with van der Waals surface area (Å²) in [5, 5.41) is 10.6. The van der Waals surface area contributed by atoms with Crippen LogP contribution in [0.4, 0.5) is 0 Å². The summed E-state index contributed by atoms with van der Waals surface area (Å²) < 4.78 is 68.3. The van der Waals surface area contributed by atoms with E-state index in [0.717, 1.165) is 108 Å². The van der Waals surface area contributed by atoms with E-state index >= 15 is 0 Å². The van der Waals surface area contributed by atoms with Gasteiger partial charge in [-0.2, -0.15) is 0 Å². The molecular formula is C71H138O17P2. The first-order valence-electron chi connectivity index (χ1n) is 36.9. The number of hydrogen-bond acceptors (Lipinski definition) is 15. The second-order valence-electron chi connectivity index (χ2n) is 26.6. The number of carbonyl (C=O) groups excluding carboxylic acids is 4. The van der Waals surface area contributed by atoms with Crippen molar-refractivity contribution in [3.63, 3.8) is 0 Å². The van der Waals surface area contributed by atoms with Crippen LogP contribution in [0.25, 0.3) is 0 Å². The Bertz CT molecular complexity index is 1770. The van der Waals surface area contributed by atoms with E-state index in [-0.39, 0.29) is 25.7 Å². The van der Waals surface area contributed by atoms with Crippen LogP contribution in [0.2, 0.25) is 0 Å². The number of aliphatic hydroxyl groups is 1. The smallest absolute Gasteiger partial charge is 0.462 e. The summed E-state index contributed by atoms with van der Waals surface area (Å²) >= 11 is 0. The van der Waals surface area contributed by atoms with Crippen LogP contribution in [-0.4, -0.2) is 96.7 Å². The Balaban J connectivity index is 5.27. The Morgan fingerprint density at radius 2 is 0.567 bits per heavy atom. The van der Waals surface area contributed by atoms with Crippen LogP contribution in [0.5, 0.6) is 0 Å². The van der Waals surface area contributed by atoms with Gasteiger partial charge in [0.1, 0.15) is 19.3 Å². The molecule has 0 spiro atoms. The number of carbonyl (C=O) groups is 4. The van der Waals surface area contributed by atoms with E-state index in [4.69, 9.17) is 37.0 Å². The van der Waals surface area contributed by atoms with Crippen molar-refractivity contribution in [1.29, 1.82) is 0 Å². The van der Waals surface area contributed by atoms with E-state index in [1.807, 2.05) is 0 Å². The van der Waals surface area contributed by atoms with Crippen LogP contribution in [0.3, 0.4) is 0 Å². The van der Waals surface area contributed by atoms with Crippen LogP contribution >= 0.6 is 15.6 Å². The molecule has 0 amide bonds. The lowest BCUT2D eigenvalue weighted by Gasteiger charge is -2.21. The Labute approximate surface area is 549 Å². The predicted molar refractivity (Wildman–Crippen MR) is 363 cm³/mol. The number of aliphatic hydroxyl groups excluding tert-OH is 1. The monoisotopic (exact) mass is 1320 g/mol. The molecule has 0 bridgehead atoms. The van der Waals surface area contributed by atoms with Crippen molar-refractivity contribution in [2.75, 3.05) is 39.6 Å². The molecule has 0 aromatic carbocycles. The highest BCUT2D eigenvalue weighted by Gasteiger charge is 2.30. The lowest BCUT2D eigenvalue weighted by Crippen LogP contribution is -2.30. The SMILES string of the molecule is CCCCCCCCCCCCCC(=O)OC[C@H](COP(=O)(O)OC[C@H](O)COP(=O)(O)OC[C@@H](COC(=O)CCCCCCCCCCCCC(C)CC)OC(=O)CCCCCCCCCCCCC(C)CC)OC(=O)CCCCCCCCCCC(C)C. The minimum absolute atomic E-state index is 0.104. The summed E-state index contributed by atoms with van der Waals surface area (Å²) in [7, 11) is -9.90. The zero-order chi connectivity index (χ0) is 66.6. The molecule has 90 heavy (non-hydrogen) atoms. The number of ether oxygens (including phenoxy) is 4. The minimum atomic E-state index is -4.95. The van der Waals surface area contributed by atoms with E-state index < -0.39 is 97.5 Å². The quantitative estimate of drug-likeness (QED) is 0.0222. The van der Waals surface area contributed by atoms with Crippen LogP contribution < -0.4 is 0 Å². The second kappa shape index (κ2) is 61.9. The lowest BCUT2D eigenvalue weighted by molar-refractivity contribution is -0.161. The van der Waals surface area contributed by atoms with E-state index in [1.54, 1.807) is 0 Å². The van der Waals surface area contributed by atoms with E-state index in [0.29, 0.717) is 25.7 Å². The maximum absolute atomic E-state index is 13.0. The molecule has 4 unspecified atom stereocenters. The van der Waals surface area contributed by atoms with E-state index in [9.17, 15) is 43.2 Å². The summed E-state index contributed by atoms with van der Waals surface area (Å²) in [6.45, 7) is 11.9. The predicted octanol–water partition coefficient (Wildman–Crippen LogP) is 20.2. The highest BCUT2D eigenvalue weighted by Crippen LogP contribution is 2.45. The molecule has 0 saturated heterocycles. The van der Waals surface area contributed by atoms with Gasteiger partial charge in [0.15, 0.2) is 12.2 Å². The van der Waals surface area contributed by atoms with Crippen LogP contribution in [0.1, 0.15) is 357 Å². The third-order valence-corrected chi connectivity index (χ3v) is 19.0. The molecular weight excluding hydrogens is 1190 g/mol. The van der Waals surface area contributed by atoms with Gasteiger partial charge >= 0.3 is 39.5 Å². The van der Waals surface area contributed by atoms with Crippen LogP contribution in [0.15, 0.2) is 0 Å². The van der Waals surface area contributed by atoms with Crippen molar-refractivity contribution >= 4 is 39.5 Å². The van der Waals surface area contributed by atoms with Gasteiger partial charge in [-0.3, -0.25) is 37.3 Å². The van der Waals surface area contributed by atoms with Crippen molar-refractivity contribution in [3.8, 4) is 0 Å². The summed E-state index contributed by atoms with van der Waals surface area (Å²) in [6.07, 6.45) is 45.6. The Morgan fingerprint density at radius 3 is 0.844 bits per heavy atom. The van der Waals surface area contributed by atoms with Gasteiger partial charge in [-0.05, 0) is 43.4 Å². The van der Waals surface area contributed by atoms with E-state index in [2.05, 4.69) is 48.5 Å². The van der Waals surface area contributed by atoms with Gasteiger partial charge in [0, 0.05) is 25.7 Å². The van der Waals surface area contributed by atoms with Gasteiger partial charge < -0.3 is 33.8 Å². The molecule has 0 aliphatic carbocycles. The fourth-order valence-corrected chi connectivity index (χ4v) is 12.2. The van der Waals surface area contributed by atoms with Crippen LogP contribution in [0, 0.1) is 17.8 Å². The average Bonchev–Trinajstić information content (AvgIpc) is 3.03. The average molecular weight is 1330 g/mol. The third-order valence-electron chi connectivity index (χ3n) is 17.1. The number of phosphoric acid groups is 2. The number of phosphoric ester groups is 2. The molecule has 0 aromatic rings. The van der Waals surface area contributed by atoms with Gasteiger partial charge in [-0.25, -0.2) is 9.13 Å². The highest BCUT2D eigenvalue weighted by atomic mass is 31.2. The minimum Gasteiger partial charge on any atom is -0.462 e. The standard InChI is InChI=1S/C71H138O17P2/c1-8-11-12-13-14-15-16-23-31-38-45-52-68(73)81-59-67(88-71(76)55-48-41-34-27-26-28-35-42-49-62(4)5)61-86-90(79,80)84-57-65(72)56-83-89(77,78)85-60-66(87-70(75)54-47-40-33-25-20-18-22-30-37-44-51-64(7)10-3)58-82-69(74)53-46-39-32-24-19-17-21-29-36-43-50-63(6)9-2/h62-67,72H,8-61H2,1-7H3,(H,77,78)(H,79,80)/t63?,64?,65-,66-,67-/m1/s1. The highest BCUT2D eigenvalue weighted by molar-refractivity contribution is 7.47. The first-order chi connectivity index (χ1) is 43.3. The maximum atomic E-state index is 13.0. The molecule has 19 heteroatoms. The van der Waals surface area contributed by atoms with Gasteiger partial charge in [0.2, 0.25) is 0 Å². The van der Waals surface area contributed by atoms with Gasteiger partial charge in [0.25, 0.3) is 0 Å². The van der Waals surface area contributed by atoms with Crippen molar-refractivity contribution in [1.82, 2.24) is 0 Å². The van der Waals surface area contributed by atoms with Crippen molar-refractivity contribution in [2.45, 2.75) is 375 Å². The molecule has 0 rings (SSSR count). The summed E-state index contributed by atoms with van der Waals surface area (Å²) in [4.78, 5) is 72.6. The fourth-order valence-electron chi connectivity index (χ4n) is 10.7. The summed E-state index contributed by atoms with van der Waals surface area (Å²) in [5.74, 6) is 0.205. The van der Waals surface area contributed by atoms with Crippen LogP contribution in [-0.2, 0) is 65.4 Å². The van der Waals surface area contributed by atoms with Gasteiger partial charge in [-0.1, -0.05) is 305 Å². The van der Waals surface area contributed by atoms with Gasteiger partial charge in [-0.15, -0.1) is 0 Å². The van der Waals surface area contributed by atoms with Crippen molar-refractivity contribution in [3.05, 3.63) is 0 Å². The fraction of sp³-hybridized carbons (Fsp3) is 0.944. The first-order valence-corrected chi connectivity index (χ1v) is 39.9. The second-order valence-corrected chi connectivity index (χ2v) is 29.5. The Hall–Kier alpha value is -1.94. The Morgan fingerprint density at radius 1 is 0.322 bits per heavy atom. The third kappa shape index (κ3) is 62.2. The first kappa shape index (κ1) is 88.1. The summed E-state index contributed by atoms with van der Waals surface area (Å²) in [6, 6.07) is 0. The zero-order valence-electron chi connectivity index (χ0n) is 58.6. The molecule has 0 saturated carbocycles. The number of esters is 4. The number of hydrogen-bond donors (Lipinski definition) is 3. The molecule has 7 atom stereocenters. The molecule has 0 heterocycles. The zero-order valence-corrected chi connectivity index (χ0v) is 60.4.